The molecule has 1 aromatic rings. The van der Waals surface area contributed by atoms with Crippen molar-refractivity contribution in [1.29, 1.82) is 0 Å². The van der Waals surface area contributed by atoms with Crippen LogP contribution in [0, 0.1) is 0 Å². The van der Waals surface area contributed by atoms with Crippen molar-refractivity contribution in [3.05, 3.63) is 37.5 Å². The maximum absolute atomic E-state index is 4.00. The number of hydrogen-bond acceptors (Lipinski definition) is 2. The van der Waals surface area contributed by atoms with Crippen LogP contribution in [0.4, 0.5) is 0 Å². The van der Waals surface area contributed by atoms with E-state index in [0.29, 0.717) is 0 Å². The Bertz CT molecular complexity index is 284. The fraction of sp³-hybridized carbons (Fsp3) is 0.200. The summed E-state index contributed by atoms with van der Waals surface area (Å²) in [6.07, 6.45) is 8.25. The zero-order valence-electron chi connectivity index (χ0n) is 8.14. The van der Waals surface area contributed by atoms with Crippen LogP contribution in [0.1, 0.15) is 19.7 Å². The average molecular weight is 177 g/mol. The van der Waals surface area contributed by atoms with Crippen molar-refractivity contribution in [2.75, 3.05) is 0 Å². The van der Waals surface area contributed by atoms with Crippen LogP contribution in [-0.2, 0) is 0 Å². The summed E-state index contributed by atoms with van der Waals surface area (Å²) in [6, 6.07) is 0. The summed E-state index contributed by atoms with van der Waals surface area (Å²) in [6.45, 7) is 11.1. The molecule has 0 aliphatic rings. The van der Waals surface area contributed by atoms with Crippen molar-refractivity contribution in [3.8, 4) is 0 Å². The van der Waals surface area contributed by atoms with Gasteiger partial charge in [0.15, 0.2) is 5.82 Å². The number of imidazole rings is 1. The molecule has 0 bridgehead atoms. The largest absolute Gasteiger partial charge is 0.236 e. The van der Waals surface area contributed by atoms with E-state index in [9.17, 15) is 0 Å². The van der Waals surface area contributed by atoms with Gasteiger partial charge in [-0.25, -0.2) is 9.66 Å². The van der Waals surface area contributed by atoms with Crippen molar-refractivity contribution in [3.63, 3.8) is 0 Å². The summed E-state index contributed by atoms with van der Waals surface area (Å²) in [4.78, 5) is 3.98. The molecule has 0 amide bonds. The summed E-state index contributed by atoms with van der Waals surface area (Å²) in [5.41, 5.74) is 0. The summed E-state index contributed by atoms with van der Waals surface area (Å²) in [5.74, 6) is 0.725. The Morgan fingerprint density at radius 3 is 2.69 bits per heavy atom. The van der Waals surface area contributed by atoms with Crippen molar-refractivity contribution in [2.45, 2.75) is 13.8 Å². The van der Waals surface area contributed by atoms with Gasteiger partial charge in [0.1, 0.15) is 0 Å². The van der Waals surface area contributed by atoms with Gasteiger partial charge in [-0.3, -0.25) is 0 Å². The summed E-state index contributed by atoms with van der Waals surface area (Å²) in [5, 5.41) is 4.00. The molecule has 1 heterocycles. The van der Waals surface area contributed by atoms with Crippen LogP contribution in [0.15, 0.2) is 36.7 Å². The molecule has 1 aromatic heterocycles. The smallest absolute Gasteiger partial charge is 0.152 e. The van der Waals surface area contributed by atoms with E-state index in [1.807, 2.05) is 13.8 Å². The van der Waals surface area contributed by atoms with Crippen LogP contribution in [0.5, 0.6) is 0 Å². The standard InChI is InChI=1S/C8H9N3.C2H6/c1-3-5-10-11-7-6-9-8(11)4-2;1-2/h3-7H,1-2H2;1-2H3/b10-5-;. The monoisotopic (exact) mass is 177 g/mol. The molecule has 1 rings (SSSR count). The van der Waals surface area contributed by atoms with E-state index in [0.717, 1.165) is 5.82 Å². The zero-order chi connectivity index (χ0) is 10.1. The maximum Gasteiger partial charge on any atom is 0.152 e. The molecular formula is C10H15N3. The fourth-order valence-corrected chi connectivity index (χ4v) is 0.671. The van der Waals surface area contributed by atoms with Crippen LogP contribution in [0.3, 0.4) is 0 Å². The van der Waals surface area contributed by atoms with Gasteiger partial charge in [0.2, 0.25) is 0 Å². The lowest BCUT2D eigenvalue weighted by Gasteiger charge is -1.92. The lowest BCUT2D eigenvalue weighted by atomic mass is 10.6. The summed E-state index contributed by atoms with van der Waals surface area (Å²) >= 11 is 0. The molecule has 0 aliphatic carbocycles. The molecule has 70 valence electrons. The third-order valence-electron chi connectivity index (χ3n) is 1.13. The lowest BCUT2D eigenvalue weighted by Crippen LogP contribution is -1.89. The maximum atomic E-state index is 4.00. The van der Waals surface area contributed by atoms with E-state index in [1.54, 1.807) is 35.4 Å². The van der Waals surface area contributed by atoms with E-state index in [4.69, 9.17) is 0 Å². The third-order valence-corrected chi connectivity index (χ3v) is 1.13. The molecule has 0 atom stereocenters. The van der Waals surface area contributed by atoms with Gasteiger partial charge in [-0.1, -0.05) is 27.0 Å². The van der Waals surface area contributed by atoms with Gasteiger partial charge in [-0.05, 0) is 12.2 Å². The van der Waals surface area contributed by atoms with Crippen molar-refractivity contribution in [1.82, 2.24) is 9.66 Å². The quantitative estimate of drug-likeness (QED) is 0.652. The first-order valence-corrected chi connectivity index (χ1v) is 4.19. The van der Waals surface area contributed by atoms with Gasteiger partial charge in [-0.2, -0.15) is 5.10 Å². The normalized spacial score (nSPS) is 9.08. The predicted molar refractivity (Wildman–Crippen MR) is 57.8 cm³/mol. The molecule has 0 unspecified atom stereocenters. The van der Waals surface area contributed by atoms with Crippen LogP contribution >= 0.6 is 0 Å². The number of nitrogens with zero attached hydrogens (tertiary/aromatic N) is 3. The summed E-state index contributed by atoms with van der Waals surface area (Å²) < 4.78 is 1.62. The van der Waals surface area contributed by atoms with Crippen molar-refractivity contribution < 1.29 is 0 Å². The topological polar surface area (TPSA) is 30.2 Å². The number of aromatic nitrogens is 2. The molecule has 0 aromatic carbocycles. The summed E-state index contributed by atoms with van der Waals surface area (Å²) in [7, 11) is 0. The molecule has 13 heavy (non-hydrogen) atoms. The van der Waals surface area contributed by atoms with Crippen LogP contribution < -0.4 is 0 Å². The second-order valence-corrected chi connectivity index (χ2v) is 1.83. The molecule has 3 heteroatoms. The fourth-order valence-electron chi connectivity index (χ4n) is 0.671. The Balaban J connectivity index is 0.000000671. The lowest BCUT2D eigenvalue weighted by molar-refractivity contribution is 0.868. The highest BCUT2D eigenvalue weighted by atomic mass is 15.4. The molecule has 0 radical (unpaired) electrons. The minimum Gasteiger partial charge on any atom is -0.236 e. The minimum atomic E-state index is 0.725. The highest BCUT2D eigenvalue weighted by molar-refractivity contribution is 5.70. The van der Waals surface area contributed by atoms with Gasteiger partial charge in [0, 0.05) is 18.6 Å². The number of allylic oxidation sites excluding steroid dienone is 1. The van der Waals surface area contributed by atoms with Gasteiger partial charge in [0.05, 0.1) is 0 Å². The second kappa shape index (κ2) is 7.03. The average Bonchev–Trinajstić information content (AvgIpc) is 2.65. The van der Waals surface area contributed by atoms with Gasteiger partial charge < -0.3 is 0 Å². The van der Waals surface area contributed by atoms with E-state index in [-0.39, 0.29) is 0 Å². The van der Waals surface area contributed by atoms with E-state index >= 15 is 0 Å². The van der Waals surface area contributed by atoms with Crippen molar-refractivity contribution >= 4 is 12.3 Å². The molecular weight excluding hydrogens is 162 g/mol. The Labute approximate surface area is 79.1 Å². The molecule has 3 nitrogen and oxygen atoms in total. The molecule has 0 saturated heterocycles. The highest BCUT2D eigenvalue weighted by Gasteiger charge is 1.91. The van der Waals surface area contributed by atoms with E-state index in [2.05, 4.69) is 23.2 Å². The van der Waals surface area contributed by atoms with E-state index < -0.39 is 0 Å². The van der Waals surface area contributed by atoms with E-state index in [1.165, 1.54) is 0 Å². The molecule has 0 aliphatic heterocycles. The van der Waals surface area contributed by atoms with Crippen LogP contribution in [-0.4, -0.2) is 15.9 Å². The molecule has 0 N–H and O–H groups in total. The molecule has 0 saturated carbocycles. The van der Waals surface area contributed by atoms with Crippen molar-refractivity contribution in [2.24, 2.45) is 5.10 Å². The first-order valence-electron chi connectivity index (χ1n) is 4.19. The van der Waals surface area contributed by atoms with Gasteiger partial charge >= 0.3 is 0 Å². The number of rotatable bonds is 3. The predicted octanol–water partition coefficient (Wildman–Crippen LogP) is 2.57. The minimum absolute atomic E-state index is 0.725. The Morgan fingerprint density at radius 2 is 2.15 bits per heavy atom. The Kier molecular flexibility index (Phi) is 6.15. The van der Waals surface area contributed by atoms with Gasteiger partial charge in [0.25, 0.3) is 0 Å². The second-order valence-electron chi connectivity index (χ2n) is 1.83. The SMILES string of the molecule is C=C/C=N\n1ccnc1C=C.CC. The third kappa shape index (κ3) is 3.51. The number of hydrogen-bond donors (Lipinski definition) is 0. The highest BCUT2D eigenvalue weighted by Crippen LogP contribution is 1.96. The van der Waals surface area contributed by atoms with Crippen LogP contribution in [0.2, 0.25) is 0 Å². The first-order chi connectivity index (χ1) is 6.38. The Morgan fingerprint density at radius 1 is 1.46 bits per heavy atom. The Hall–Kier alpha value is -1.64. The molecule has 0 fully saturated rings. The van der Waals surface area contributed by atoms with Gasteiger partial charge in [-0.15, -0.1) is 0 Å². The zero-order valence-corrected chi connectivity index (χ0v) is 8.14. The molecule has 0 spiro atoms. The first kappa shape index (κ1) is 11.4. The van der Waals surface area contributed by atoms with Crippen LogP contribution in [0.25, 0.3) is 6.08 Å².